The van der Waals surface area contributed by atoms with Crippen LogP contribution in [0.5, 0.6) is 11.5 Å². The molecule has 0 spiro atoms. The molecule has 3 aromatic rings. The molecule has 0 aliphatic carbocycles. The van der Waals surface area contributed by atoms with E-state index in [1.54, 1.807) is 0 Å². The zero-order valence-electron chi connectivity index (χ0n) is 17.7. The first-order chi connectivity index (χ1) is 16.7. The van der Waals surface area contributed by atoms with Crippen LogP contribution in [0.1, 0.15) is 22.7 Å². The highest BCUT2D eigenvalue weighted by molar-refractivity contribution is 6.51. The second kappa shape index (κ2) is 8.15. The molecule has 6 nitrogen and oxygen atoms in total. The first-order valence-corrected chi connectivity index (χ1v) is 10.3. The molecule has 3 aromatic carbocycles. The molecule has 0 saturated carbocycles. The molecule has 2 heterocycles. The van der Waals surface area contributed by atoms with Gasteiger partial charge in [-0.15, -0.1) is 0 Å². The van der Waals surface area contributed by atoms with Gasteiger partial charge in [0, 0.05) is 16.8 Å². The van der Waals surface area contributed by atoms with Crippen LogP contribution in [0.2, 0.25) is 0 Å². The van der Waals surface area contributed by atoms with Crippen molar-refractivity contribution in [3.8, 4) is 11.5 Å². The number of halogens is 4. The van der Waals surface area contributed by atoms with E-state index in [1.165, 1.54) is 36.4 Å². The van der Waals surface area contributed by atoms with E-state index >= 15 is 0 Å². The van der Waals surface area contributed by atoms with Gasteiger partial charge in [-0.1, -0.05) is 18.2 Å². The van der Waals surface area contributed by atoms with Crippen LogP contribution in [0.15, 0.2) is 72.3 Å². The lowest BCUT2D eigenvalue weighted by Gasteiger charge is -2.26. The number of aliphatic hydroxyl groups excluding tert-OH is 1. The Morgan fingerprint density at radius 2 is 1.63 bits per heavy atom. The number of amides is 1. The summed E-state index contributed by atoms with van der Waals surface area (Å²) < 4.78 is 64.5. The molecule has 178 valence electrons. The number of anilines is 1. The molecule has 1 fully saturated rings. The number of ether oxygens (including phenoxy) is 2. The lowest BCUT2D eigenvalue weighted by atomic mass is 9.94. The Morgan fingerprint density at radius 1 is 0.943 bits per heavy atom. The number of nitrogens with zero attached hydrogens (tertiary/aromatic N) is 1. The number of carbonyl (C=O) groups is 2. The largest absolute Gasteiger partial charge is 0.507 e. The van der Waals surface area contributed by atoms with E-state index in [4.69, 9.17) is 9.47 Å². The van der Waals surface area contributed by atoms with Gasteiger partial charge in [-0.3, -0.25) is 14.5 Å². The van der Waals surface area contributed by atoms with E-state index in [1.807, 2.05) is 0 Å². The molecule has 10 heteroatoms. The minimum absolute atomic E-state index is 0.0346. The number of hydrogen-bond donors (Lipinski definition) is 1. The third-order valence-corrected chi connectivity index (χ3v) is 5.76. The highest BCUT2D eigenvalue weighted by atomic mass is 19.4. The van der Waals surface area contributed by atoms with Gasteiger partial charge in [0.25, 0.3) is 11.7 Å². The topological polar surface area (TPSA) is 76.1 Å². The van der Waals surface area contributed by atoms with Crippen molar-refractivity contribution >= 4 is 23.1 Å². The van der Waals surface area contributed by atoms with Gasteiger partial charge in [-0.25, -0.2) is 4.39 Å². The van der Waals surface area contributed by atoms with E-state index in [9.17, 15) is 32.3 Å². The van der Waals surface area contributed by atoms with Crippen LogP contribution in [0.4, 0.5) is 23.2 Å². The molecule has 0 bridgehead atoms. The summed E-state index contributed by atoms with van der Waals surface area (Å²) in [5, 5.41) is 11.1. The summed E-state index contributed by atoms with van der Waals surface area (Å²) in [5.74, 6) is -2.89. The zero-order chi connectivity index (χ0) is 24.9. The Bertz CT molecular complexity index is 1380. The fourth-order valence-corrected chi connectivity index (χ4v) is 4.10. The summed E-state index contributed by atoms with van der Waals surface area (Å²) in [5.41, 5.74) is -1.45. The third-order valence-electron chi connectivity index (χ3n) is 5.76. The first-order valence-electron chi connectivity index (χ1n) is 10.3. The molecule has 2 aliphatic heterocycles. The molecule has 1 unspecified atom stereocenters. The van der Waals surface area contributed by atoms with Crippen molar-refractivity contribution in [1.82, 2.24) is 0 Å². The van der Waals surface area contributed by atoms with Gasteiger partial charge in [0.2, 0.25) is 6.79 Å². The number of hydrogen-bond acceptors (Lipinski definition) is 5. The van der Waals surface area contributed by atoms with Gasteiger partial charge in [0.15, 0.2) is 11.5 Å². The Kier molecular flexibility index (Phi) is 5.23. The van der Waals surface area contributed by atoms with Crippen LogP contribution in [-0.4, -0.2) is 23.6 Å². The van der Waals surface area contributed by atoms with Crippen molar-refractivity contribution < 1.29 is 41.7 Å². The first kappa shape index (κ1) is 22.5. The van der Waals surface area contributed by atoms with Crippen LogP contribution < -0.4 is 14.4 Å². The third kappa shape index (κ3) is 3.76. The Morgan fingerprint density at radius 3 is 2.31 bits per heavy atom. The maximum Gasteiger partial charge on any atom is 0.416 e. The number of Topliss-reactive ketones (excluding diaryl/α,β-unsaturated/α-hetero) is 1. The van der Waals surface area contributed by atoms with Crippen molar-refractivity contribution in [3.63, 3.8) is 0 Å². The normalized spacial score (nSPS) is 18.9. The fourth-order valence-electron chi connectivity index (χ4n) is 4.10. The molecular formula is C25H15F4NO5. The smallest absolute Gasteiger partial charge is 0.416 e. The molecule has 1 atom stereocenters. The summed E-state index contributed by atoms with van der Waals surface area (Å²) in [6, 6.07) is 11.8. The molecule has 0 radical (unpaired) electrons. The summed E-state index contributed by atoms with van der Waals surface area (Å²) in [7, 11) is 0. The van der Waals surface area contributed by atoms with Gasteiger partial charge in [0.05, 0.1) is 17.2 Å². The monoisotopic (exact) mass is 485 g/mol. The molecule has 35 heavy (non-hydrogen) atoms. The van der Waals surface area contributed by atoms with Crippen molar-refractivity contribution in [2.75, 3.05) is 11.7 Å². The fraction of sp³-hybridized carbons (Fsp3) is 0.120. The van der Waals surface area contributed by atoms with Crippen LogP contribution in [0, 0.1) is 5.82 Å². The predicted octanol–water partition coefficient (Wildman–Crippen LogP) is 5.20. The quantitative estimate of drug-likeness (QED) is 0.239. The average Bonchev–Trinajstić information content (AvgIpc) is 3.40. The number of rotatable bonds is 3. The molecule has 1 amide bonds. The van der Waals surface area contributed by atoms with Crippen LogP contribution in [0.3, 0.4) is 0 Å². The Labute approximate surface area is 195 Å². The molecule has 1 N–H and O–H groups in total. The number of ketones is 1. The highest BCUT2D eigenvalue weighted by Crippen LogP contribution is 2.44. The molecular weight excluding hydrogens is 470 g/mol. The summed E-state index contributed by atoms with van der Waals surface area (Å²) >= 11 is 0. The van der Waals surface area contributed by atoms with Crippen LogP contribution >= 0.6 is 0 Å². The van der Waals surface area contributed by atoms with E-state index in [0.717, 1.165) is 35.2 Å². The average molecular weight is 485 g/mol. The van der Waals surface area contributed by atoms with E-state index in [2.05, 4.69) is 0 Å². The maximum atomic E-state index is 14.9. The number of fused-ring (bicyclic) bond motifs is 1. The van der Waals surface area contributed by atoms with Crippen LogP contribution in [-0.2, 0) is 15.8 Å². The lowest BCUT2D eigenvalue weighted by molar-refractivity contribution is -0.137. The van der Waals surface area contributed by atoms with Crippen molar-refractivity contribution in [1.29, 1.82) is 0 Å². The van der Waals surface area contributed by atoms with Crippen molar-refractivity contribution in [3.05, 3.63) is 94.8 Å². The van der Waals surface area contributed by atoms with Gasteiger partial charge in [0.1, 0.15) is 11.6 Å². The van der Waals surface area contributed by atoms with E-state index < -0.39 is 46.6 Å². The molecule has 1 saturated heterocycles. The highest BCUT2D eigenvalue weighted by Gasteiger charge is 2.48. The van der Waals surface area contributed by atoms with Gasteiger partial charge >= 0.3 is 6.18 Å². The number of benzene rings is 3. The summed E-state index contributed by atoms with van der Waals surface area (Å²) in [6.07, 6.45) is -4.61. The summed E-state index contributed by atoms with van der Waals surface area (Å²) in [4.78, 5) is 27.0. The van der Waals surface area contributed by atoms with Crippen molar-refractivity contribution in [2.45, 2.75) is 12.2 Å². The van der Waals surface area contributed by atoms with Gasteiger partial charge < -0.3 is 14.6 Å². The van der Waals surface area contributed by atoms with Gasteiger partial charge in [-0.05, 0) is 48.5 Å². The Balaban J connectivity index is 1.68. The predicted molar refractivity (Wildman–Crippen MR) is 115 cm³/mol. The minimum Gasteiger partial charge on any atom is -0.507 e. The number of aliphatic hydroxyl groups is 1. The maximum absolute atomic E-state index is 14.9. The van der Waals surface area contributed by atoms with Gasteiger partial charge in [-0.2, -0.15) is 13.2 Å². The van der Waals surface area contributed by atoms with E-state index in [0.29, 0.717) is 11.5 Å². The SMILES string of the molecule is O=C1C(=O)N(c2ccc(C(F)(F)F)cc2)C(c2ccccc2F)/C1=C(\O)c1ccc2c(c1)OCO2. The van der Waals surface area contributed by atoms with E-state index in [-0.39, 0.29) is 23.6 Å². The summed E-state index contributed by atoms with van der Waals surface area (Å²) in [6.45, 7) is -0.0346. The molecule has 0 aromatic heterocycles. The minimum atomic E-state index is -4.61. The standard InChI is InChI=1S/C25H15F4NO5/c26-17-4-2-1-3-16(17)21-20(22(31)13-5-10-18-19(11-13)35-12-34-18)23(32)24(33)30(21)15-8-6-14(7-9-15)25(27,28)29/h1-11,21,31H,12H2/b22-20+. The zero-order valence-corrected chi connectivity index (χ0v) is 17.7. The number of carbonyl (C=O) groups excluding carboxylic acids is 2. The van der Waals surface area contributed by atoms with Crippen molar-refractivity contribution in [2.24, 2.45) is 0 Å². The second-order valence-corrected chi connectivity index (χ2v) is 7.80. The van der Waals surface area contributed by atoms with Crippen LogP contribution in [0.25, 0.3) is 5.76 Å². The lowest BCUT2D eigenvalue weighted by Crippen LogP contribution is -2.30. The number of alkyl halides is 3. The molecule has 5 rings (SSSR count). The Hall–Kier alpha value is -4.34. The molecule has 2 aliphatic rings. The second-order valence-electron chi connectivity index (χ2n) is 7.80.